The molecule has 0 fully saturated rings. The number of anilines is 1. The molecule has 0 heterocycles. The van der Waals surface area contributed by atoms with Crippen LogP contribution >= 0.6 is 0 Å². The van der Waals surface area contributed by atoms with E-state index in [9.17, 15) is 0 Å². The van der Waals surface area contributed by atoms with Crippen LogP contribution in [0.1, 0.15) is 11.1 Å². The van der Waals surface area contributed by atoms with E-state index in [0.717, 1.165) is 18.0 Å². The minimum atomic E-state index is 0.653. The summed E-state index contributed by atoms with van der Waals surface area (Å²) in [6.45, 7) is 1.42. The molecule has 0 aliphatic rings. The van der Waals surface area contributed by atoms with Gasteiger partial charge in [0.2, 0.25) is 0 Å². The Balaban J connectivity index is 1.98. The number of hydrogen-bond donors (Lipinski definition) is 1. The van der Waals surface area contributed by atoms with Gasteiger partial charge in [-0.3, -0.25) is 0 Å². The second kappa shape index (κ2) is 6.81. The zero-order valence-electron chi connectivity index (χ0n) is 11.3. The molecule has 0 spiro atoms. The second-order valence-corrected chi connectivity index (χ2v) is 4.30. The van der Waals surface area contributed by atoms with Crippen LogP contribution in [0.25, 0.3) is 0 Å². The number of hydrogen-bond acceptors (Lipinski definition) is 3. The van der Waals surface area contributed by atoms with E-state index in [1.165, 1.54) is 11.1 Å². The quantitative estimate of drug-likeness (QED) is 0.859. The number of nitrogens with one attached hydrogen (secondary N) is 1. The fourth-order valence-corrected chi connectivity index (χ4v) is 1.91. The Kier molecular flexibility index (Phi) is 4.81. The number of methoxy groups -OCH3 is 2. The summed E-state index contributed by atoms with van der Waals surface area (Å²) < 4.78 is 10.4. The van der Waals surface area contributed by atoms with Gasteiger partial charge >= 0.3 is 0 Å². The van der Waals surface area contributed by atoms with Gasteiger partial charge in [0.1, 0.15) is 5.75 Å². The summed E-state index contributed by atoms with van der Waals surface area (Å²) in [6.07, 6.45) is 0. The molecule has 0 aliphatic heterocycles. The maximum absolute atomic E-state index is 5.31. The molecule has 2 aromatic carbocycles. The van der Waals surface area contributed by atoms with Gasteiger partial charge in [-0.2, -0.15) is 0 Å². The van der Waals surface area contributed by atoms with Gasteiger partial charge in [-0.25, -0.2) is 0 Å². The molecule has 0 amide bonds. The summed E-state index contributed by atoms with van der Waals surface area (Å²) in [5.41, 5.74) is 3.42. The molecule has 0 aliphatic carbocycles. The zero-order valence-corrected chi connectivity index (χ0v) is 11.3. The van der Waals surface area contributed by atoms with E-state index in [0.29, 0.717) is 6.61 Å². The zero-order chi connectivity index (χ0) is 13.5. The van der Waals surface area contributed by atoms with Crippen LogP contribution < -0.4 is 10.1 Å². The lowest BCUT2D eigenvalue weighted by molar-refractivity contribution is 0.185. The first kappa shape index (κ1) is 13.4. The highest BCUT2D eigenvalue weighted by Crippen LogP contribution is 2.23. The highest BCUT2D eigenvalue weighted by atomic mass is 16.5. The SMILES string of the molecule is COCc1ccc(CNc2ccccc2OC)cc1. The van der Waals surface area contributed by atoms with Gasteiger partial charge in [-0.1, -0.05) is 36.4 Å². The molecule has 19 heavy (non-hydrogen) atoms. The summed E-state index contributed by atoms with van der Waals surface area (Å²) in [5, 5.41) is 3.38. The van der Waals surface area contributed by atoms with Crippen molar-refractivity contribution in [3.05, 3.63) is 59.7 Å². The van der Waals surface area contributed by atoms with E-state index in [2.05, 4.69) is 29.6 Å². The van der Waals surface area contributed by atoms with E-state index >= 15 is 0 Å². The fraction of sp³-hybridized carbons (Fsp3) is 0.250. The Labute approximate surface area is 114 Å². The highest BCUT2D eigenvalue weighted by Gasteiger charge is 2.01. The highest BCUT2D eigenvalue weighted by molar-refractivity contribution is 5.56. The van der Waals surface area contributed by atoms with Gasteiger partial charge in [0.25, 0.3) is 0 Å². The van der Waals surface area contributed by atoms with Crippen molar-refractivity contribution in [1.29, 1.82) is 0 Å². The largest absolute Gasteiger partial charge is 0.495 e. The van der Waals surface area contributed by atoms with Crippen LogP contribution in [0.3, 0.4) is 0 Å². The molecule has 0 saturated carbocycles. The normalized spacial score (nSPS) is 10.2. The fourth-order valence-electron chi connectivity index (χ4n) is 1.91. The minimum Gasteiger partial charge on any atom is -0.495 e. The van der Waals surface area contributed by atoms with Crippen molar-refractivity contribution >= 4 is 5.69 Å². The molecular weight excluding hydrogens is 238 g/mol. The summed E-state index contributed by atoms with van der Waals surface area (Å²) in [4.78, 5) is 0. The summed E-state index contributed by atoms with van der Waals surface area (Å²) in [5.74, 6) is 0.860. The summed E-state index contributed by atoms with van der Waals surface area (Å²) in [6, 6.07) is 16.3. The minimum absolute atomic E-state index is 0.653. The van der Waals surface area contributed by atoms with E-state index in [-0.39, 0.29) is 0 Å². The molecule has 0 unspecified atom stereocenters. The van der Waals surface area contributed by atoms with Crippen molar-refractivity contribution < 1.29 is 9.47 Å². The van der Waals surface area contributed by atoms with Gasteiger partial charge in [-0.15, -0.1) is 0 Å². The Morgan fingerprint density at radius 1 is 0.895 bits per heavy atom. The summed E-state index contributed by atoms with van der Waals surface area (Å²) >= 11 is 0. The molecule has 0 radical (unpaired) electrons. The lowest BCUT2D eigenvalue weighted by Crippen LogP contribution is -2.01. The van der Waals surface area contributed by atoms with Crippen molar-refractivity contribution in [2.75, 3.05) is 19.5 Å². The monoisotopic (exact) mass is 257 g/mol. The first-order valence-electron chi connectivity index (χ1n) is 6.27. The van der Waals surface area contributed by atoms with Crippen molar-refractivity contribution in [3.63, 3.8) is 0 Å². The first-order chi connectivity index (χ1) is 9.33. The van der Waals surface area contributed by atoms with Crippen molar-refractivity contribution in [3.8, 4) is 5.75 Å². The van der Waals surface area contributed by atoms with Crippen LogP contribution in [-0.2, 0) is 17.9 Å². The average molecular weight is 257 g/mol. The molecule has 3 nitrogen and oxygen atoms in total. The lowest BCUT2D eigenvalue weighted by Gasteiger charge is -2.11. The molecule has 2 rings (SSSR count). The number of para-hydroxylation sites is 2. The van der Waals surface area contributed by atoms with Crippen molar-refractivity contribution in [1.82, 2.24) is 0 Å². The average Bonchev–Trinajstić information content (AvgIpc) is 2.47. The van der Waals surface area contributed by atoms with Gasteiger partial charge in [0, 0.05) is 13.7 Å². The molecular formula is C16H19NO2. The van der Waals surface area contributed by atoms with Crippen molar-refractivity contribution in [2.45, 2.75) is 13.2 Å². The predicted octanol–water partition coefficient (Wildman–Crippen LogP) is 3.45. The van der Waals surface area contributed by atoms with Crippen LogP contribution in [0.4, 0.5) is 5.69 Å². The van der Waals surface area contributed by atoms with Gasteiger partial charge < -0.3 is 14.8 Å². The van der Waals surface area contributed by atoms with E-state index in [4.69, 9.17) is 9.47 Å². The Bertz CT molecular complexity index is 508. The summed E-state index contributed by atoms with van der Waals surface area (Å²) in [7, 11) is 3.39. The maximum Gasteiger partial charge on any atom is 0.141 e. The standard InChI is InChI=1S/C16H19NO2/c1-18-12-14-9-7-13(8-10-14)11-17-15-5-3-4-6-16(15)19-2/h3-10,17H,11-12H2,1-2H3. The van der Waals surface area contributed by atoms with Crippen LogP contribution in [0.2, 0.25) is 0 Å². The Morgan fingerprint density at radius 3 is 2.26 bits per heavy atom. The van der Waals surface area contributed by atoms with Crippen LogP contribution in [-0.4, -0.2) is 14.2 Å². The molecule has 3 heteroatoms. The third-order valence-corrected chi connectivity index (χ3v) is 2.92. The van der Waals surface area contributed by atoms with Gasteiger partial charge in [0.15, 0.2) is 0 Å². The number of rotatable bonds is 6. The van der Waals surface area contributed by atoms with E-state index in [1.54, 1.807) is 14.2 Å². The second-order valence-electron chi connectivity index (χ2n) is 4.30. The lowest BCUT2D eigenvalue weighted by atomic mass is 10.1. The molecule has 0 saturated heterocycles. The van der Waals surface area contributed by atoms with Crippen LogP contribution in [0, 0.1) is 0 Å². The van der Waals surface area contributed by atoms with E-state index < -0.39 is 0 Å². The van der Waals surface area contributed by atoms with E-state index in [1.807, 2.05) is 24.3 Å². The van der Waals surface area contributed by atoms with Crippen LogP contribution in [0.15, 0.2) is 48.5 Å². The Morgan fingerprint density at radius 2 is 1.58 bits per heavy atom. The number of benzene rings is 2. The topological polar surface area (TPSA) is 30.5 Å². The molecule has 2 aromatic rings. The molecule has 1 N–H and O–H groups in total. The third kappa shape index (κ3) is 3.73. The van der Waals surface area contributed by atoms with Crippen molar-refractivity contribution in [2.24, 2.45) is 0 Å². The third-order valence-electron chi connectivity index (χ3n) is 2.92. The molecule has 0 atom stereocenters. The molecule has 100 valence electrons. The van der Waals surface area contributed by atoms with Gasteiger partial charge in [-0.05, 0) is 23.3 Å². The molecule has 0 aromatic heterocycles. The maximum atomic E-state index is 5.31. The Hall–Kier alpha value is -2.00. The van der Waals surface area contributed by atoms with Crippen LogP contribution in [0.5, 0.6) is 5.75 Å². The van der Waals surface area contributed by atoms with Gasteiger partial charge in [0.05, 0.1) is 19.4 Å². The smallest absolute Gasteiger partial charge is 0.141 e. The number of ether oxygens (including phenoxy) is 2. The molecule has 0 bridgehead atoms. The first-order valence-corrected chi connectivity index (χ1v) is 6.27. The predicted molar refractivity (Wildman–Crippen MR) is 77.5 cm³/mol.